The van der Waals surface area contributed by atoms with E-state index >= 15 is 0 Å². The molecule has 0 aliphatic heterocycles. The average molecular weight is 357 g/mol. The summed E-state index contributed by atoms with van der Waals surface area (Å²) in [7, 11) is -4.13. The van der Waals surface area contributed by atoms with Crippen LogP contribution in [0.4, 0.5) is 0 Å². The van der Waals surface area contributed by atoms with E-state index in [9.17, 15) is 13.5 Å². The molecule has 138 valence electrons. The number of phenolic OH excluding ortho intramolecular Hbond substituents is 1. The van der Waals surface area contributed by atoms with Crippen LogP contribution in [0.3, 0.4) is 0 Å². The van der Waals surface area contributed by atoms with Crippen molar-refractivity contribution in [3.63, 3.8) is 0 Å². The van der Waals surface area contributed by atoms with Gasteiger partial charge in [-0.05, 0) is 24.5 Å². The Labute approximate surface area is 147 Å². The van der Waals surface area contributed by atoms with E-state index in [4.69, 9.17) is 4.55 Å². The van der Waals surface area contributed by atoms with Gasteiger partial charge in [0, 0.05) is 5.56 Å². The third kappa shape index (κ3) is 9.28. The quantitative estimate of drug-likeness (QED) is 0.374. The molecule has 0 saturated heterocycles. The minimum atomic E-state index is -4.13. The van der Waals surface area contributed by atoms with Crippen LogP contribution in [0.1, 0.15) is 82.3 Å². The smallest absolute Gasteiger partial charge is 0.269 e. The lowest BCUT2D eigenvalue weighted by molar-refractivity contribution is 0.460. The van der Waals surface area contributed by atoms with E-state index in [2.05, 4.69) is 6.92 Å². The van der Waals surface area contributed by atoms with Crippen molar-refractivity contribution in [2.45, 2.75) is 83.3 Å². The van der Waals surface area contributed by atoms with Gasteiger partial charge in [0.25, 0.3) is 10.1 Å². The monoisotopic (exact) mass is 356 g/mol. The highest BCUT2D eigenvalue weighted by Crippen LogP contribution is 2.25. The maximum atomic E-state index is 11.1. The molecule has 0 saturated carbocycles. The zero-order chi connectivity index (χ0) is 17.8. The van der Waals surface area contributed by atoms with Crippen LogP contribution in [0, 0.1) is 0 Å². The second-order valence-corrected chi connectivity index (χ2v) is 8.03. The van der Waals surface area contributed by atoms with Gasteiger partial charge in [0.1, 0.15) is 11.5 Å². The van der Waals surface area contributed by atoms with E-state index in [-0.39, 0.29) is 5.75 Å². The first-order valence-corrected chi connectivity index (χ1v) is 10.8. The molecule has 0 aromatic heterocycles. The molecule has 0 aliphatic rings. The van der Waals surface area contributed by atoms with E-state index in [1.807, 2.05) is 6.07 Å². The molecular weight excluding hydrogens is 324 g/mol. The fourth-order valence-corrected chi connectivity index (χ4v) is 3.71. The number of benzene rings is 1. The van der Waals surface area contributed by atoms with Gasteiger partial charge in [0.2, 0.25) is 0 Å². The van der Waals surface area contributed by atoms with Crippen molar-refractivity contribution in [2.75, 3.05) is 0 Å². The Morgan fingerprint density at radius 1 is 0.875 bits per heavy atom. The minimum Gasteiger partial charge on any atom is -0.508 e. The molecular formula is C19H32O4S. The largest absolute Gasteiger partial charge is 0.508 e. The summed E-state index contributed by atoms with van der Waals surface area (Å²) in [6.07, 6.45) is 13.2. The van der Waals surface area contributed by atoms with E-state index < -0.39 is 15.9 Å². The van der Waals surface area contributed by atoms with Gasteiger partial charge < -0.3 is 5.11 Å². The highest BCUT2D eigenvalue weighted by atomic mass is 32.2. The molecule has 5 heteroatoms. The summed E-state index contributed by atoms with van der Waals surface area (Å²) in [5.41, 5.74) is 1.14. The van der Waals surface area contributed by atoms with Gasteiger partial charge in [-0.25, -0.2) is 0 Å². The van der Waals surface area contributed by atoms with Crippen molar-refractivity contribution in [2.24, 2.45) is 0 Å². The third-order valence-electron chi connectivity index (χ3n) is 4.37. The first-order chi connectivity index (χ1) is 11.4. The molecule has 0 bridgehead atoms. The van der Waals surface area contributed by atoms with Gasteiger partial charge in [-0.15, -0.1) is 0 Å². The first-order valence-electron chi connectivity index (χ1n) is 9.19. The molecule has 0 radical (unpaired) electrons. The van der Waals surface area contributed by atoms with E-state index in [1.165, 1.54) is 57.4 Å². The lowest BCUT2D eigenvalue weighted by Gasteiger charge is -2.10. The summed E-state index contributed by atoms with van der Waals surface area (Å²) >= 11 is 0. The van der Waals surface area contributed by atoms with E-state index in [1.54, 1.807) is 6.07 Å². The van der Waals surface area contributed by atoms with Crippen molar-refractivity contribution in [3.8, 4) is 5.75 Å². The Kier molecular flexibility index (Phi) is 10.0. The molecule has 1 rings (SSSR count). The zero-order valence-corrected chi connectivity index (χ0v) is 15.7. The van der Waals surface area contributed by atoms with Gasteiger partial charge in [-0.1, -0.05) is 76.8 Å². The average Bonchev–Trinajstić information content (AvgIpc) is 2.51. The predicted octanol–water partition coefficient (Wildman–Crippen LogP) is 5.24. The standard InChI is InChI=1S/C19H32O4S/c1-2-3-4-5-6-7-8-9-10-11-13-17-14-12-15-19(20)18(17)16-24(21,22)23/h12,14-15,20H,2-11,13,16H2,1H3,(H,21,22,23). The van der Waals surface area contributed by atoms with Crippen LogP contribution < -0.4 is 0 Å². The van der Waals surface area contributed by atoms with Crippen LogP contribution in [0.25, 0.3) is 0 Å². The van der Waals surface area contributed by atoms with Crippen molar-refractivity contribution >= 4 is 10.1 Å². The van der Waals surface area contributed by atoms with E-state index in [0.717, 1.165) is 24.8 Å². The number of hydrogen-bond donors (Lipinski definition) is 2. The summed E-state index contributed by atoms with van der Waals surface area (Å²) in [6, 6.07) is 5.00. The number of aryl methyl sites for hydroxylation is 1. The van der Waals surface area contributed by atoms with Gasteiger partial charge in [0.15, 0.2) is 0 Å². The Balaban J connectivity index is 2.27. The lowest BCUT2D eigenvalue weighted by Crippen LogP contribution is -2.05. The van der Waals surface area contributed by atoms with Crippen molar-refractivity contribution < 1.29 is 18.1 Å². The van der Waals surface area contributed by atoms with Crippen molar-refractivity contribution in [1.82, 2.24) is 0 Å². The van der Waals surface area contributed by atoms with Gasteiger partial charge in [-0.3, -0.25) is 4.55 Å². The van der Waals surface area contributed by atoms with Crippen LogP contribution in [0.5, 0.6) is 5.75 Å². The molecule has 0 spiro atoms. The Morgan fingerprint density at radius 3 is 1.96 bits per heavy atom. The molecule has 24 heavy (non-hydrogen) atoms. The molecule has 1 aromatic carbocycles. The summed E-state index contributed by atoms with van der Waals surface area (Å²) in [5.74, 6) is -0.579. The molecule has 0 heterocycles. The van der Waals surface area contributed by atoms with Crippen LogP contribution in [0.15, 0.2) is 18.2 Å². The summed E-state index contributed by atoms with van der Waals surface area (Å²) < 4.78 is 31.2. The molecule has 4 nitrogen and oxygen atoms in total. The number of rotatable bonds is 13. The van der Waals surface area contributed by atoms with Crippen LogP contribution in [-0.4, -0.2) is 18.1 Å². The summed E-state index contributed by atoms with van der Waals surface area (Å²) in [5, 5.41) is 9.84. The number of unbranched alkanes of at least 4 members (excludes halogenated alkanes) is 9. The Morgan fingerprint density at radius 2 is 1.42 bits per heavy atom. The van der Waals surface area contributed by atoms with E-state index in [0.29, 0.717) is 5.56 Å². The second-order valence-electron chi connectivity index (χ2n) is 6.57. The summed E-state index contributed by atoms with van der Waals surface area (Å²) in [4.78, 5) is 0. The van der Waals surface area contributed by atoms with Gasteiger partial charge in [-0.2, -0.15) is 8.42 Å². The molecule has 0 atom stereocenters. The number of aromatic hydroxyl groups is 1. The van der Waals surface area contributed by atoms with Crippen molar-refractivity contribution in [1.29, 1.82) is 0 Å². The van der Waals surface area contributed by atoms with Gasteiger partial charge >= 0.3 is 0 Å². The van der Waals surface area contributed by atoms with Gasteiger partial charge in [0.05, 0.1) is 0 Å². The van der Waals surface area contributed by atoms with Crippen LogP contribution in [0.2, 0.25) is 0 Å². The lowest BCUT2D eigenvalue weighted by atomic mass is 10.00. The normalized spacial score (nSPS) is 11.8. The first kappa shape index (κ1) is 21.0. The fourth-order valence-electron chi connectivity index (χ4n) is 3.01. The van der Waals surface area contributed by atoms with Crippen molar-refractivity contribution in [3.05, 3.63) is 29.3 Å². The Bertz CT molecular complexity index is 567. The highest BCUT2D eigenvalue weighted by molar-refractivity contribution is 7.85. The fraction of sp³-hybridized carbons (Fsp3) is 0.684. The highest BCUT2D eigenvalue weighted by Gasteiger charge is 2.14. The SMILES string of the molecule is CCCCCCCCCCCCc1cccc(O)c1CS(=O)(=O)O. The van der Waals surface area contributed by atoms with Crippen LogP contribution >= 0.6 is 0 Å². The zero-order valence-electron chi connectivity index (χ0n) is 14.8. The molecule has 0 amide bonds. The topological polar surface area (TPSA) is 74.6 Å². The number of phenols is 1. The molecule has 0 aliphatic carbocycles. The minimum absolute atomic E-state index is 0.0581. The second kappa shape index (κ2) is 11.5. The van der Waals surface area contributed by atoms with Crippen LogP contribution in [-0.2, 0) is 22.3 Å². The predicted molar refractivity (Wildman–Crippen MR) is 98.9 cm³/mol. The molecule has 2 N–H and O–H groups in total. The molecule has 1 aromatic rings. The molecule has 0 unspecified atom stereocenters. The summed E-state index contributed by atoms with van der Waals surface area (Å²) in [6.45, 7) is 2.23. The Hall–Kier alpha value is -1.07. The molecule has 0 fully saturated rings. The maximum absolute atomic E-state index is 11.1. The maximum Gasteiger partial charge on any atom is 0.269 e. The third-order valence-corrected chi connectivity index (χ3v) is 5.03. The number of hydrogen-bond acceptors (Lipinski definition) is 3.